The summed E-state index contributed by atoms with van der Waals surface area (Å²) in [4.78, 5) is 16.0. The van der Waals surface area contributed by atoms with Gasteiger partial charge in [-0.15, -0.1) is 0 Å². The number of carbonyl (C=O) groups excluding carboxylic acids is 1. The molecule has 0 radical (unpaired) electrons. The third-order valence-electron chi connectivity index (χ3n) is 3.02. The Balaban J connectivity index is 1.84. The standard InChI is InChI=1S/C10H18N2O3/c1-11-5-8(6-11)10(13)12-3-4-15-9(7-12)14-2/h8-9H,3-7H2,1-2H3/t9-/m1/s1. The van der Waals surface area contributed by atoms with Crippen LogP contribution in [0.2, 0.25) is 0 Å². The van der Waals surface area contributed by atoms with Gasteiger partial charge in [-0.25, -0.2) is 0 Å². The predicted octanol–water partition coefficient (Wildman–Crippen LogP) is -0.621. The second kappa shape index (κ2) is 4.47. The molecule has 0 N–H and O–H groups in total. The van der Waals surface area contributed by atoms with E-state index in [1.165, 1.54) is 0 Å². The number of methoxy groups -OCH3 is 1. The zero-order valence-electron chi connectivity index (χ0n) is 9.31. The highest BCUT2D eigenvalue weighted by atomic mass is 16.7. The van der Waals surface area contributed by atoms with Crippen molar-refractivity contribution < 1.29 is 14.3 Å². The minimum absolute atomic E-state index is 0.186. The summed E-state index contributed by atoms with van der Waals surface area (Å²) >= 11 is 0. The summed E-state index contributed by atoms with van der Waals surface area (Å²) in [5.41, 5.74) is 0. The van der Waals surface area contributed by atoms with E-state index in [2.05, 4.69) is 4.90 Å². The first-order chi connectivity index (χ1) is 7.20. The Labute approximate surface area is 89.9 Å². The number of carbonyl (C=O) groups is 1. The van der Waals surface area contributed by atoms with Crippen molar-refractivity contribution in [1.82, 2.24) is 9.80 Å². The summed E-state index contributed by atoms with van der Waals surface area (Å²) in [5, 5.41) is 0. The fraction of sp³-hybridized carbons (Fsp3) is 0.900. The highest BCUT2D eigenvalue weighted by Crippen LogP contribution is 2.17. The van der Waals surface area contributed by atoms with Gasteiger partial charge >= 0.3 is 0 Å². The number of hydrogen-bond donors (Lipinski definition) is 0. The first-order valence-corrected chi connectivity index (χ1v) is 5.32. The van der Waals surface area contributed by atoms with E-state index in [1.54, 1.807) is 7.11 Å². The summed E-state index contributed by atoms with van der Waals surface area (Å²) in [6.07, 6.45) is -0.250. The van der Waals surface area contributed by atoms with Crippen molar-refractivity contribution in [2.24, 2.45) is 5.92 Å². The topological polar surface area (TPSA) is 42.0 Å². The van der Waals surface area contributed by atoms with Gasteiger partial charge in [-0.05, 0) is 7.05 Å². The first kappa shape index (κ1) is 10.9. The second-order valence-corrected chi connectivity index (χ2v) is 4.24. The number of nitrogens with zero attached hydrogens (tertiary/aromatic N) is 2. The molecular formula is C10H18N2O3. The molecule has 0 aromatic heterocycles. The minimum Gasteiger partial charge on any atom is -0.354 e. The normalized spacial score (nSPS) is 28.9. The Morgan fingerprint density at radius 2 is 2.13 bits per heavy atom. The molecule has 0 unspecified atom stereocenters. The first-order valence-electron chi connectivity index (χ1n) is 5.32. The number of ether oxygens (including phenoxy) is 2. The van der Waals surface area contributed by atoms with Crippen LogP contribution >= 0.6 is 0 Å². The van der Waals surface area contributed by atoms with E-state index in [4.69, 9.17) is 9.47 Å². The summed E-state index contributed by atoms with van der Waals surface area (Å²) in [5.74, 6) is 0.434. The summed E-state index contributed by atoms with van der Waals surface area (Å²) in [6.45, 7) is 3.60. The van der Waals surface area contributed by atoms with Gasteiger partial charge in [-0.3, -0.25) is 4.79 Å². The van der Waals surface area contributed by atoms with Crippen molar-refractivity contribution in [2.75, 3.05) is 46.9 Å². The van der Waals surface area contributed by atoms with Gasteiger partial charge in [0.2, 0.25) is 5.91 Å². The summed E-state index contributed by atoms with van der Waals surface area (Å²) in [7, 11) is 3.64. The predicted molar refractivity (Wildman–Crippen MR) is 54.3 cm³/mol. The number of likely N-dealkylation sites (tertiary alicyclic amines) is 1. The van der Waals surface area contributed by atoms with Gasteiger partial charge < -0.3 is 19.3 Å². The Kier molecular flexibility index (Phi) is 3.23. The maximum Gasteiger partial charge on any atom is 0.228 e. The molecule has 0 aromatic rings. The molecule has 2 rings (SSSR count). The molecule has 5 nitrogen and oxygen atoms in total. The van der Waals surface area contributed by atoms with Crippen LogP contribution in [-0.4, -0.2) is 68.9 Å². The van der Waals surface area contributed by atoms with Gasteiger partial charge in [0.05, 0.1) is 19.1 Å². The van der Waals surface area contributed by atoms with Crippen LogP contribution in [0.15, 0.2) is 0 Å². The van der Waals surface area contributed by atoms with Crippen molar-refractivity contribution >= 4 is 5.91 Å². The average molecular weight is 214 g/mol. The Hall–Kier alpha value is -0.650. The van der Waals surface area contributed by atoms with Gasteiger partial charge in [-0.1, -0.05) is 0 Å². The second-order valence-electron chi connectivity index (χ2n) is 4.24. The molecule has 0 saturated carbocycles. The average Bonchev–Trinajstić information content (AvgIpc) is 2.24. The molecule has 15 heavy (non-hydrogen) atoms. The molecule has 2 aliphatic heterocycles. The van der Waals surface area contributed by atoms with Crippen molar-refractivity contribution in [3.63, 3.8) is 0 Å². The van der Waals surface area contributed by atoms with Crippen molar-refractivity contribution in [1.29, 1.82) is 0 Å². The van der Waals surface area contributed by atoms with Crippen LogP contribution in [0.3, 0.4) is 0 Å². The Bertz CT molecular complexity index is 241. The van der Waals surface area contributed by atoms with Crippen molar-refractivity contribution in [2.45, 2.75) is 6.29 Å². The molecule has 5 heteroatoms. The molecule has 0 aromatic carbocycles. The lowest BCUT2D eigenvalue weighted by Gasteiger charge is -2.40. The fourth-order valence-corrected chi connectivity index (χ4v) is 2.07. The molecule has 2 fully saturated rings. The molecular weight excluding hydrogens is 196 g/mol. The fourth-order valence-electron chi connectivity index (χ4n) is 2.07. The quantitative estimate of drug-likeness (QED) is 0.614. The molecule has 1 amide bonds. The van der Waals surface area contributed by atoms with Gasteiger partial charge in [0.25, 0.3) is 0 Å². The van der Waals surface area contributed by atoms with Crippen LogP contribution in [-0.2, 0) is 14.3 Å². The van der Waals surface area contributed by atoms with E-state index in [-0.39, 0.29) is 18.1 Å². The van der Waals surface area contributed by atoms with Crippen LogP contribution in [0.5, 0.6) is 0 Å². The third-order valence-corrected chi connectivity index (χ3v) is 3.02. The lowest BCUT2D eigenvalue weighted by atomic mass is 9.99. The highest BCUT2D eigenvalue weighted by molar-refractivity contribution is 5.80. The lowest BCUT2D eigenvalue weighted by Crippen LogP contribution is -2.56. The van der Waals surface area contributed by atoms with Crippen LogP contribution in [0, 0.1) is 5.92 Å². The number of morpholine rings is 1. The van der Waals surface area contributed by atoms with Crippen LogP contribution < -0.4 is 0 Å². The van der Waals surface area contributed by atoms with Gasteiger partial charge in [0.15, 0.2) is 6.29 Å². The van der Waals surface area contributed by atoms with Crippen LogP contribution in [0.1, 0.15) is 0 Å². The maximum absolute atomic E-state index is 12.0. The third kappa shape index (κ3) is 2.30. The van der Waals surface area contributed by atoms with E-state index < -0.39 is 0 Å². The molecule has 2 saturated heterocycles. The Morgan fingerprint density at radius 1 is 1.40 bits per heavy atom. The Morgan fingerprint density at radius 3 is 2.73 bits per heavy atom. The van der Waals surface area contributed by atoms with Crippen LogP contribution in [0.4, 0.5) is 0 Å². The van der Waals surface area contributed by atoms with Crippen molar-refractivity contribution in [3.8, 4) is 0 Å². The molecule has 86 valence electrons. The van der Waals surface area contributed by atoms with Crippen LogP contribution in [0.25, 0.3) is 0 Å². The van der Waals surface area contributed by atoms with E-state index in [0.29, 0.717) is 19.7 Å². The van der Waals surface area contributed by atoms with E-state index >= 15 is 0 Å². The highest BCUT2D eigenvalue weighted by Gasteiger charge is 2.35. The molecule has 0 spiro atoms. The van der Waals surface area contributed by atoms with E-state index in [0.717, 1.165) is 13.1 Å². The molecule has 0 bridgehead atoms. The maximum atomic E-state index is 12.0. The smallest absolute Gasteiger partial charge is 0.228 e. The van der Waals surface area contributed by atoms with Gasteiger partial charge in [-0.2, -0.15) is 0 Å². The summed E-state index contributed by atoms with van der Waals surface area (Å²) in [6, 6.07) is 0. The SMILES string of the molecule is CO[C@H]1CN(C(=O)C2CN(C)C2)CCO1. The zero-order valence-corrected chi connectivity index (χ0v) is 9.31. The minimum atomic E-state index is -0.250. The van der Waals surface area contributed by atoms with Gasteiger partial charge in [0, 0.05) is 26.7 Å². The summed E-state index contributed by atoms with van der Waals surface area (Å²) < 4.78 is 10.4. The molecule has 2 aliphatic rings. The van der Waals surface area contributed by atoms with E-state index in [9.17, 15) is 4.79 Å². The van der Waals surface area contributed by atoms with E-state index in [1.807, 2.05) is 11.9 Å². The molecule has 1 atom stereocenters. The molecule has 0 aliphatic carbocycles. The van der Waals surface area contributed by atoms with Gasteiger partial charge in [0.1, 0.15) is 0 Å². The molecule has 2 heterocycles. The number of rotatable bonds is 2. The van der Waals surface area contributed by atoms with Crippen molar-refractivity contribution in [3.05, 3.63) is 0 Å². The lowest BCUT2D eigenvalue weighted by molar-refractivity contribution is -0.179. The zero-order chi connectivity index (χ0) is 10.8. The number of amides is 1. The largest absolute Gasteiger partial charge is 0.354 e. The monoisotopic (exact) mass is 214 g/mol. The number of hydrogen-bond acceptors (Lipinski definition) is 4.